The number of ether oxygens (including phenoxy) is 1. The SMILES string of the molecule is CCCCCc1ccc(C(F)(F)Oc2cc(F)c(/C(F)=C(\F)c3ccc(-c4ccc(-c5cc(F)c(F)c(F)c5)c(F)c4)cc3)c(F)c2)cc1. The molecule has 0 unspecified atom stereocenters. The molecule has 5 aromatic rings. The number of alkyl halides is 2. The van der Waals surface area contributed by atoms with Crippen molar-refractivity contribution >= 4 is 11.7 Å². The summed E-state index contributed by atoms with van der Waals surface area (Å²) in [6.07, 6.45) is -0.438. The van der Waals surface area contributed by atoms with Crippen LogP contribution in [0, 0.1) is 34.9 Å². The molecule has 1 nitrogen and oxygen atoms in total. The minimum atomic E-state index is -4.00. The Morgan fingerprint density at radius 2 is 1.16 bits per heavy atom. The lowest BCUT2D eigenvalue weighted by molar-refractivity contribution is -0.185. The third kappa shape index (κ3) is 7.82. The molecule has 0 atom stereocenters. The monoisotopic (exact) mass is 688 g/mol. The number of unbranched alkanes of at least 4 members (excludes halogenated alkanes) is 2. The lowest BCUT2D eigenvalue weighted by Crippen LogP contribution is -2.22. The molecular formula is C38H26F10O. The van der Waals surface area contributed by atoms with E-state index in [9.17, 15) is 35.1 Å². The van der Waals surface area contributed by atoms with Crippen molar-refractivity contribution in [1.29, 1.82) is 0 Å². The van der Waals surface area contributed by atoms with E-state index in [-0.39, 0.29) is 22.3 Å². The molecule has 0 aromatic heterocycles. The van der Waals surface area contributed by atoms with Crippen LogP contribution in [0.2, 0.25) is 0 Å². The van der Waals surface area contributed by atoms with E-state index in [0.29, 0.717) is 30.7 Å². The Hall–Kier alpha value is -5.06. The average Bonchev–Trinajstić information content (AvgIpc) is 3.06. The van der Waals surface area contributed by atoms with Gasteiger partial charge in [0.15, 0.2) is 29.1 Å². The maximum absolute atomic E-state index is 15.1. The molecule has 49 heavy (non-hydrogen) atoms. The van der Waals surface area contributed by atoms with Crippen LogP contribution >= 0.6 is 0 Å². The van der Waals surface area contributed by atoms with Crippen molar-refractivity contribution in [3.05, 3.63) is 148 Å². The Bertz CT molecular complexity index is 1960. The summed E-state index contributed by atoms with van der Waals surface area (Å²) in [4.78, 5) is 0. The van der Waals surface area contributed by atoms with Crippen LogP contribution in [0.5, 0.6) is 5.75 Å². The second kappa shape index (κ2) is 14.6. The van der Waals surface area contributed by atoms with Gasteiger partial charge in [0.05, 0.1) is 11.1 Å². The first kappa shape index (κ1) is 35.3. The molecule has 11 heteroatoms. The van der Waals surface area contributed by atoms with Gasteiger partial charge in [-0.05, 0) is 65.4 Å². The Kier molecular flexibility index (Phi) is 10.5. The largest absolute Gasteiger partial charge is 0.429 e. The first-order valence-corrected chi connectivity index (χ1v) is 15.0. The van der Waals surface area contributed by atoms with E-state index in [2.05, 4.69) is 4.74 Å². The summed E-state index contributed by atoms with van der Waals surface area (Å²) in [7, 11) is 0. The van der Waals surface area contributed by atoms with Crippen LogP contribution in [0.3, 0.4) is 0 Å². The highest BCUT2D eigenvalue weighted by Gasteiger charge is 2.35. The first-order valence-electron chi connectivity index (χ1n) is 15.0. The van der Waals surface area contributed by atoms with Gasteiger partial charge in [-0.15, -0.1) is 0 Å². The van der Waals surface area contributed by atoms with Crippen LogP contribution < -0.4 is 4.74 Å². The molecule has 0 radical (unpaired) electrons. The van der Waals surface area contributed by atoms with E-state index >= 15 is 8.78 Å². The van der Waals surface area contributed by atoms with E-state index < -0.39 is 75.1 Å². The highest BCUT2D eigenvalue weighted by Crippen LogP contribution is 2.38. The molecule has 0 N–H and O–H groups in total. The average molecular weight is 689 g/mol. The van der Waals surface area contributed by atoms with Crippen LogP contribution in [-0.4, -0.2) is 0 Å². The molecule has 0 aliphatic heterocycles. The number of hydrogen-bond donors (Lipinski definition) is 0. The lowest BCUT2D eigenvalue weighted by Gasteiger charge is -2.19. The molecule has 0 bridgehead atoms. The highest BCUT2D eigenvalue weighted by molar-refractivity contribution is 5.84. The highest BCUT2D eigenvalue weighted by atomic mass is 19.3. The molecule has 0 amide bonds. The smallest absolute Gasteiger partial charge is 0.426 e. The van der Waals surface area contributed by atoms with Crippen molar-refractivity contribution in [2.45, 2.75) is 38.7 Å². The molecule has 0 fully saturated rings. The summed E-state index contributed by atoms with van der Waals surface area (Å²) in [6, 6.07) is 15.3. The molecule has 0 saturated heterocycles. The number of aryl methyl sites for hydroxylation is 1. The summed E-state index contributed by atoms with van der Waals surface area (Å²) < 4.78 is 149. The quantitative estimate of drug-likeness (QED) is 0.0581. The molecule has 0 aliphatic rings. The fraction of sp³-hybridized carbons (Fsp3) is 0.158. The summed E-state index contributed by atoms with van der Waals surface area (Å²) in [5, 5.41) is 0. The fourth-order valence-electron chi connectivity index (χ4n) is 5.16. The molecule has 0 aliphatic carbocycles. The number of hydrogen-bond acceptors (Lipinski definition) is 1. The van der Waals surface area contributed by atoms with Gasteiger partial charge in [0, 0.05) is 23.3 Å². The lowest BCUT2D eigenvalue weighted by atomic mass is 9.98. The second-order valence-corrected chi connectivity index (χ2v) is 11.2. The normalized spacial score (nSPS) is 12.2. The molecule has 0 saturated carbocycles. The van der Waals surface area contributed by atoms with Gasteiger partial charge in [-0.1, -0.05) is 68.3 Å². The first-order chi connectivity index (χ1) is 23.3. The maximum Gasteiger partial charge on any atom is 0.426 e. The van der Waals surface area contributed by atoms with Gasteiger partial charge in [-0.2, -0.15) is 8.78 Å². The van der Waals surface area contributed by atoms with E-state index in [0.717, 1.165) is 55.2 Å². The van der Waals surface area contributed by atoms with Crippen molar-refractivity contribution in [3.8, 4) is 28.0 Å². The summed E-state index contributed by atoms with van der Waals surface area (Å²) in [5.74, 6) is -13.6. The van der Waals surface area contributed by atoms with Crippen molar-refractivity contribution < 1.29 is 48.6 Å². The minimum absolute atomic E-state index is 0.216. The Labute approximate surface area is 275 Å². The van der Waals surface area contributed by atoms with Crippen LogP contribution in [0.15, 0.2) is 91.0 Å². The number of benzene rings is 5. The van der Waals surface area contributed by atoms with Gasteiger partial charge < -0.3 is 4.74 Å². The van der Waals surface area contributed by atoms with Crippen molar-refractivity contribution in [3.63, 3.8) is 0 Å². The number of halogens is 10. The summed E-state index contributed by atoms with van der Waals surface area (Å²) >= 11 is 0. The number of rotatable bonds is 11. The van der Waals surface area contributed by atoms with Crippen molar-refractivity contribution in [2.75, 3.05) is 0 Å². The molecule has 5 rings (SSSR count). The maximum atomic E-state index is 15.1. The van der Waals surface area contributed by atoms with Crippen LogP contribution in [-0.2, 0) is 12.5 Å². The van der Waals surface area contributed by atoms with Crippen molar-refractivity contribution in [1.82, 2.24) is 0 Å². The minimum Gasteiger partial charge on any atom is -0.429 e. The van der Waals surface area contributed by atoms with Gasteiger partial charge in [0.25, 0.3) is 0 Å². The fourth-order valence-corrected chi connectivity index (χ4v) is 5.16. The van der Waals surface area contributed by atoms with Crippen LogP contribution in [0.4, 0.5) is 43.9 Å². The van der Waals surface area contributed by atoms with E-state index in [1.54, 1.807) is 0 Å². The zero-order chi connectivity index (χ0) is 35.5. The molecule has 5 aromatic carbocycles. The Morgan fingerprint density at radius 3 is 1.73 bits per heavy atom. The molecule has 0 spiro atoms. The van der Waals surface area contributed by atoms with E-state index in [4.69, 9.17) is 0 Å². The zero-order valence-corrected chi connectivity index (χ0v) is 25.7. The van der Waals surface area contributed by atoms with Gasteiger partial charge in [-0.3, -0.25) is 0 Å². The Morgan fingerprint density at radius 1 is 0.592 bits per heavy atom. The summed E-state index contributed by atoms with van der Waals surface area (Å²) in [6.45, 7) is 2.03. The van der Waals surface area contributed by atoms with E-state index in [1.165, 1.54) is 36.4 Å². The standard InChI is InChI=1S/C38H26F10O/c1-2-3-4-5-21-6-13-26(14-7-21)38(47,48)49-27-19-30(40)34(31(41)20-27)37(46)35(44)23-10-8-22(9-11-23)24-12-15-28(29(39)16-24)25-17-32(42)36(45)33(43)18-25/h6-20H,2-5H2,1H3/b37-35+. The molecular weight excluding hydrogens is 662 g/mol. The third-order valence-corrected chi connectivity index (χ3v) is 7.77. The van der Waals surface area contributed by atoms with Gasteiger partial charge in [0.1, 0.15) is 23.2 Å². The van der Waals surface area contributed by atoms with Gasteiger partial charge >= 0.3 is 6.11 Å². The van der Waals surface area contributed by atoms with Gasteiger partial charge in [-0.25, -0.2) is 35.1 Å². The predicted molar refractivity (Wildman–Crippen MR) is 167 cm³/mol. The van der Waals surface area contributed by atoms with Crippen LogP contribution in [0.1, 0.15) is 48.4 Å². The zero-order valence-electron chi connectivity index (χ0n) is 25.7. The predicted octanol–water partition coefficient (Wildman–Crippen LogP) is 12.5. The Balaban J connectivity index is 1.33. The molecule has 254 valence electrons. The van der Waals surface area contributed by atoms with Gasteiger partial charge in [0.2, 0.25) is 0 Å². The van der Waals surface area contributed by atoms with E-state index in [1.807, 2.05) is 6.92 Å². The van der Waals surface area contributed by atoms with Crippen LogP contribution in [0.25, 0.3) is 33.9 Å². The third-order valence-electron chi connectivity index (χ3n) is 7.77. The summed E-state index contributed by atoms with van der Waals surface area (Å²) in [5.41, 5.74) is -1.64. The molecule has 0 heterocycles. The van der Waals surface area contributed by atoms with Crippen molar-refractivity contribution in [2.24, 2.45) is 0 Å². The second-order valence-electron chi connectivity index (χ2n) is 11.2. The topological polar surface area (TPSA) is 9.23 Å².